The van der Waals surface area contributed by atoms with Gasteiger partial charge in [0.15, 0.2) is 0 Å². The number of ether oxygens (including phenoxy) is 3. The molecule has 0 unspecified atom stereocenters. The van der Waals surface area contributed by atoms with Crippen LogP contribution in [-0.4, -0.2) is 63.0 Å². The van der Waals surface area contributed by atoms with Gasteiger partial charge in [-0.3, -0.25) is 4.79 Å². The smallest absolute Gasteiger partial charge is 0.253 e. The Labute approximate surface area is 168 Å². The molecule has 0 aromatic heterocycles. The van der Waals surface area contributed by atoms with Gasteiger partial charge in [-0.05, 0) is 43.4 Å². The number of methoxy groups -OCH3 is 1. The summed E-state index contributed by atoms with van der Waals surface area (Å²) in [6.07, 6.45) is 3.54. The lowest BCUT2D eigenvalue weighted by Crippen LogP contribution is -2.50. The summed E-state index contributed by atoms with van der Waals surface area (Å²) in [4.78, 5) is 15.2. The normalized spacial score (nSPS) is 20.6. The van der Waals surface area contributed by atoms with Crippen molar-refractivity contribution in [3.63, 3.8) is 0 Å². The molecule has 28 heavy (non-hydrogen) atoms. The Morgan fingerprint density at radius 2 is 2.18 bits per heavy atom. The first-order valence-corrected chi connectivity index (χ1v) is 10.5. The highest BCUT2D eigenvalue weighted by Crippen LogP contribution is 2.36. The SMILES string of the molecule is CCc1ccc([C@H](C)N(C(=O)[C@H]2CNCCO2)C2CC2)cc1OCCCOC. The molecule has 1 heterocycles. The average molecular weight is 391 g/mol. The van der Waals surface area contributed by atoms with Crippen molar-refractivity contribution in [1.29, 1.82) is 0 Å². The summed E-state index contributed by atoms with van der Waals surface area (Å²) in [7, 11) is 1.70. The fraction of sp³-hybridized carbons (Fsp3) is 0.682. The molecule has 1 aromatic rings. The molecule has 0 spiro atoms. The molecule has 2 fully saturated rings. The largest absolute Gasteiger partial charge is 0.493 e. The standard InChI is InChI=1S/C22H34N2O4/c1-4-17-6-7-18(14-20(17)27-12-5-11-26-3)16(2)24(19-8-9-19)22(25)21-15-23-10-13-28-21/h6-7,14,16,19,21,23H,4-5,8-13,15H2,1-3H3/t16-,21+/m0/s1. The van der Waals surface area contributed by atoms with E-state index < -0.39 is 0 Å². The maximum atomic E-state index is 13.2. The second-order valence-electron chi connectivity index (χ2n) is 7.63. The summed E-state index contributed by atoms with van der Waals surface area (Å²) in [5, 5.41) is 3.26. The van der Waals surface area contributed by atoms with Crippen molar-refractivity contribution in [1.82, 2.24) is 10.2 Å². The van der Waals surface area contributed by atoms with Crippen LogP contribution in [0.5, 0.6) is 5.75 Å². The number of nitrogens with one attached hydrogen (secondary N) is 1. The Kier molecular flexibility index (Phi) is 7.71. The highest BCUT2D eigenvalue weighted by atomic mass is 16.5. The van der Waals surface area contributed by atoms with E-state index >= 15 is 0 Å². The van der Waals surface area contributed by atoms with E-state index in [1.165, 1.54) is 5.56 Å². The molecule has 2 aliphatic rings. The molecule has 2 atom stereocenters. The summed E-state index contributed by atoms with van der Waals surface area (Å²) in [5.41, 5.74) is 2.31. The number of rotatable bonds is 10. The molecule has 1 aliphatic heterocycles. The number of benzene rings is 1. The van der Waals surface area contributed by atoms with Crippen LogP contribution in [0.1, 0.15) is 50.3 Å². The van der Waals surface area contributed by atoms with E-state index in [0.29, 0.717) is 32.4 Å². The molecule has 1 N–H and O–H groups in total. The van der Waals surface area contributed by atoms with Gasteiger partial charge in [0, 0.05) is 39.3 Å². The molecule has 156 valence electrons. The first-order chi connectivity index (χ1) is 13.7. The minimum atomic E-state index is -0.378. The van der Waals surface area contributed by atoms with Gasteiger partial charge in [0.25, 0.3) is 5.91 Å². The van der Waals surface area contributed by atoms with E-state index in [1.807, 2.05) is 4.90 Å². The van der Waals surface area contributed by atoms with E-state index in [-0.39, 0.29) is 18.1 Å². The van der Waals surface area contributed by atoms with Crippen LogP contribution >= 0.6 is 0 Å². The predicted molar refractivity (Wildman–Crippen MR) is 109 cm³/mol. The van der Waals surface area contributed by atoms with Crippen LogP contribution in [0.15, 0.2) is 18.2 Å². The van der Waals surface area contributed by atoms with Gasteiger partial charge in [0.05, 0.1) is 19.3 Å². The average Bonchev–Trinajstić information content (AvgIpc) is 3.56. The molecule has 1 saturated heterocycles. The zero-order valence-corrected chi connectivity index (χ0v) is 17.4. The molecule has 6 heteroatoms. The molecule has 3 rings (SSSR count). The van der Waals surface area contributed by atoms with Gasteiger partial charge in [0.1, 0.15) is 11.9 Å². The Bertz CT molecular complexity index is 641. The lowest BCUT2D eigenvalue weighted by Gasteiger charge is -2.34. The Balaban J connectivity index is 1.74. The number of carbonyl (C=O) groups excluding carboxylic acids is 1. The van der Waals surface area contributed by atoms with Crippen molar-refractivity contribution >= 4 is 5.91 Å². The quantitative estimate of drug-likeness (QED) is 0.623. The van der Waals surface area contributed by atoms with Crippen molar-refractivity contribution in [2.45, 2.75) is 57.7 Å². The Morgan fingerprint density at radius 3 is 2.82 bits per heavy atom. The van der Waals surface area contributed by atoms with Crippen LogP contribution in [0, 0.1) is 0 Å². The van der Waals surface area contributed by atoms with Crippen LogP contribution in [0.25, 0.3) is 0 Å². The fourth-order valence-electron chi connectivity index (χ4n) is 3.73. The first-order valence-electron chi connectivity index (χ1n) is 10.5. The summed E-state index contributed by atoms with van der Waals surface area (Å²) < 4.78 is 16.9. The molecule has 1 aromatic carbocycles. The van der Waals surface area contributed by atoms with Crippen LogP contribution in [0.2, 0.25) is 0 Å². The zero-order valence-electron chi connectivity index (χ0n) is 17.4. The van der Waals surface area contributed by atoms with Crippen molar-refractivity contribution in [2.75, 3.05) is 40.0 Å². The summed E-state index contributed by atoms with van der Waals surface area (Å²) in [5.74, 6) is 1.02. The number of amides is 1. The third-order valence-electron chi connectivity index (χ3n) is 5.52. The number of hydrogen-bond acceptors (Lipinski definition) is 5. The lowest BCUT2D eigenvalue weighted by atomic mass is 10.0. The van der Waals surface area contributed by atoms with Gasteiger partial charge in [-0.25, -0.2) is 0 Å². The van der Waals surface area contributed by atoms with Crippen LogP contribution in [0.4, 0.5) is 0 Å². The van der Waals surface area contributed by atoms with Crippen molar-refractivity contribution in [2.24, 2.45) is 0 Å². The van der Waals surface area contributed by atoms with Gasteiger partial charge < -0.3 is 24.4 Å². The van der Waals surface area contributed by atoms with Gasteiger partial charge in [0.2, 0.25) is 0 Å². The minimum absolute atomic E-state index is 0.00208. The Hall–Kier alpha value is -1.63. The lowest BCUT2D eigenvalue weighted by molar-refractivity contribution is -0.148. The van der Waals surface area contributed by atoms with Crippen molar-refractivity contribution < 1.29 is 19.0 Å². The van der Waals surface area contributed by atoms with E-state index in [0.717, 1.165) is 43.5 Å². The van der Waals surface area contributed by atoms with Crippen molar-refractivity contribution in [3.8, 4) is 5.75 Å². The van der Waals surface area contributed by atoms with E-state index in [4.69, 9.17) is 14.2 Å². The summed E-state index contributed by atoms with van der Waals surface area (Å²) >= 11 is 0. The maximum absolute atomic E-state index is 13.2. The van der Waals surface area contributed by atoms with Gasteiger partial charge in [-0.1, -0.05) is 19.1 Å². The molecule has 0 radical (unpaired) electrons. The molecule has 0 bridgehead atoms. The molecule has 1 amide bonds. The van der Waals surface area contributed by atoms with Gasteiger partial charge in [-0.2, -0.15) is 0 Å². The second-order valence-corrected chi connectivity index (χ2v) is 7.63. The third kappa shape index (κ3) is 5.25. The number of carbonyl (C=O) groups is 1. The molecule has 6 nitrogen and oxygen atoms in total. The highest BCUT2D eigenvalue weighted by Gasteiger charge is 2.40. The monoisotopic (exact) mass is 390 g/mol. The summed E-state index contributed by atoms with van der Waals surface area (Å²) in [6, 6.07) is 6.70. The maximum Gasteiger partial charge on any atom is 0.253 e. The van der Waals surface area contributed by atoms with E-state index in [1.54, 1.807) is 7.11 Å². The molecular weight excluding hydrogens is 356 g/mol. The van der Waals surface area contributed by atoms with Gasteiger partial charge >= 0.3 is 0 Å². The summed E-state index contributed by atoms with van der Waals surface area (Å²) in [6.45, 7) is 7.56. The minimum Gasteiger partial charge on any atom is -0.493 e. The van der Waals surface area contributed by atoms with Gasteiger partial charge in [-0.15, -0.1) is 0 Å². The number of morpholine rings is 1. The third-order valence-corrected chi connectivity index (χ3v) is 5.52. The fourth-order valence-corrected chi connectivity index (χ4v) is 3.73. The second kappa shape index (κ2) is 10.2. The van der Waals surface area contributed by atoms with E-state index in [9.17, 15) is 4.79 Å². The highest BCUT2D eigenvalue weighted by molar-refractivity contribution is 5.82. The first kappa shape index (κ1) is 21.1. The van der Waals surface area contributed by atoms with Crippen LogP contribution in [-0.2, 0) is 20.7 Å². The van der Waals surface area contributed by atoms with E-state index in [2.05, 4.69) is 37.4 Å². The predicted octanol–water partition coefficient (Wildman–Crippen LogP) is 2.70. The molecule has 1 aliphatic carbocycles. The number of aryl methyl sites for hydroxylation is 1. The number of hydrogen-bond donors (Lipinski definition) is 1. The number of nitrogens with zero attached hydrogens (tertiary/aromatic N) is 1. The topological polar surface area (TPSA) is 60.0 Å². The zero-order chi connectivity index (χ0) is 19.9. The van der Waals surface area contributed by atoms with Crippen LogP contribution < -0.4 is 10.1 Å². The Morgan fingerprint density at radius 1 is 1.36 bits per heavy atom. The van der Waals surface area contributed by atoms with Crippen molar-refractivity contribution in [3.05, 3.63) is 29.3 Å². The van der Waals surface area contributed by atoms with Crippen LogP contribution in [0.3, 0.4) is 0 Å². The molecular formula is C22H34N2O4. The molecule has 1 saturated carbocycles.